The van der Waals surface area contributed by atoms with Crippen LogP contribution in [0.15, 0.2) is 42.6 Å². The lowest BCUT2D eigenvalue weighted by Crippen LogP contribution is -2.35. The van der Waals surface area contributed by atoms with Gasteiger partial charge in [0.2, 0.25) is 0 Å². The van der Waals surface area contributed by atoms with E-state index in [0.29, 0.717) is 25.6 Å². The van der Waals surface area contributed by atoms with Gasteiger partial charge in [-0.1, -0.05) is 12.1 Å². The van der Waals surface area contributed by atoms with Gasteiger partial charge < -0.3 is 25.5 Å². The van der Waals surface area contributed by atoms with Crippen molar-refractivity contribution in [2.75, 3.05) is 43.6 Å². The molecule has 0 saturated carbocycles. The minimum absolute atomic E-state index is 0.191. The first-order chi connectivity index (χ1) is 14.0. The smallest absolute Gasteiger partial charge is 0.315 e. The third-order valence-corrected chi connectivity index (χ3v) is 5.35. The number of nitrogens with zero attached hydrogens (tertiary/aromatic N) is 3. The summed E-state index contributed by atoms with van der Waals surface area (Å²) in [5.74, 6) is 1.31. The predicted molar refractivity (Wildman–Crippen MR) is 116 cm³/mol. The highest BCUT2D eigenvalue weighted by molar-refractivity contribution is 5.73. The average Bonchev–Trinajstić information content (AvgIpc) is 2.77. The summed E-state index contributed by atoms with van der Waals surface area (Å²) in [6.07, 6.45) is 3.82. The highest BCUT2D eigenvalue weighted by atomic mass is 16.3. The van der Waals surface area contributed by atoms with E-state index in [2.05, 4.69) is 44.8 Å². The maximum atomic E-state index is 12.1. The van der Waals surface area contributed by atoms with Crippen LogP contribution in [0.3, 0.4) is 0 Å². The van der Waals surface area contributed by atoms with E-state index in [1.54, 1.807) is 6.20 Å². The number of carbonyl (C=O) groups is 1. The molecule has 156 valence electrons. The van der Waals surface area contributed by atoms with Crippen molar-refractivity contribution in [1.82, 2.24) is 15.6 Å². The topological polar surface area (TPSA) is 80.7 Å². The molecule has 0 atom stereocenters. The maximum Gasteiger partial charge on any atom is 0.315 e. The highest BCUT2D eigenvalue weighted by Gasteiger charge is 2.18. The van der Waals surface area contributed by atoms with Crippen molar-refractivity contribution < 1.29 is 9.90 Å². The van der Waals surface area contributed by atoms with E-state index in [4.69, 9.17) is 0 Å². The fourth-order valence-electron chi connectivity index (χ4n) is 3.44. The standard InChI is InChI=1S/C22H31N5O2/c1-26(2)21-13-19(7-10-23-21)15-25-22(29)24-14-17-3-5-20(6-4-17)27-11-8-18(16-28)9-12-27/h3-7,10,13,18,28H,8-9,11-12,14-16H2,1-2H3,(H2,24,25,29). The summed E-state index contributed by atoms with van der Waals surface area (Å²) < 4.78 is 0. The molecule has 1 fully saturated rings. The number of piperidine rings is 1. The van der Waals surface area contributed by atoms with E-state index in [9.17, 15) is 9.90 Å². The molecule has 0 spiro atoms. The van der Waals surface area contributed by atoms with E-state index in [0.717, 1.165) is 42.9 Å². The number of hydrogen-bond donors (Lipinski definition) is 3. The van der Waals surface area contributed by atoms with Gasteiger partial charge in [-0.3, -0.25) is 0 Å². The van der Waals surface area contributed by atoms with Gasteiger partial charge in [0.15, 0.2) is 0 Å². The van der Waals surface area contributed by atoms with Gasteiger partial charge in [0.25, 0.3) is 0 Å². The Labute approximate surface area is 172 Å². The van der Waals surface area contributed by atoms with Gasteiger partial charge in [-0.2, -0.15) is 0 Å². The number of aromatic nitrogens is 1. The number of urea groups is 1. The zero-order valence-corrected chi connectivity index (χ0v) is 17.3. The highest BCUT2D eigenvalue weighted by Crippen LogP contribution is 2.23. The summed E-state index contributed by atoms with van der Waals surface area (Å²) in [5, 5.41) is 15.0. The molecule has 3 N–H and O–H groups in total. The second kappa shape index (κ2) is 10.1. The molecule has 1 aromatic heterocycles. The molecule has 7 nitrogen and oxygen atoms in total. The van der Waals surface area contributed by atoms with Crippen molar-refractivity contribution >= 4 is 17.5 Å². The SMILES string of the molecule is CN(C)c1cc(CNC(=O)NCc2ccc(N3CCC(CO)CC3)cc2)ccn1. The number of rotatable bonds is 7. The molecule has 7 heteroatoms. The lowest BCUT2D eigenvalue weighted by molar-refractivity contribution is 0.203. The molecule has 0 radical (unpaired) electrons. The van der Waals surface area contributed by atoms with Crippen LogP contribution < -0.4 is 20.4 Å². The van der Waals surface area contributed by atoms with E-state index < -0.39 is 0 Å². The first-order valence-corrected chi connectivity index (χ1v) is 10.1. The van der Waals surface area contributed by atoms with Gasteiger partial charge in [0, 0.05) is 58.8 Å². The van der Waals surface area contributed by atoms with Crippen LogP contribution in [0.1, 0.15) is 24.0 Å². The zero-order chi connectivity index (χ0) is 20.6. The molecule has 0 aliphatic carbocycles. The summed E-state index contributed by atoms with van der Waals surface area (Å²) in [5.41, 5.74) is 3.27. The largest absolute Gasteiger partial charge is 0.396 e. The molecule has 29 heavy (non-hydrogen) atoms. The Hall–Kier alpha value is -2.80. The van der Waals surface area contributed by atoms with E-state index >= 15 is 0 Å². The average molecular weight is 398 g/mol. The lowest BCUT2D eigenvalue weighted by Gasteiger charge is -2.33. The summed E-state index contributed by atoms with van der Waals surface area (Å²) in [6.45, 7) is 3.19. The quantitative estimate of drug-likeness (QED) is 0.668. The summed E-state index contributed by atoms with van der Waals surface area (Å²) >= 11 is 0. The lowest BCUT2D eigenvalue weighted by atomic mass is 9.97. The Bertz CT molecular complexity index is 786. The number of aliphatic hydroxyl groups is 1. The first kappa shape index (κ1) is 20.9. The van der Waals surface area contributed by atoms with E-state index in [1.807, 2.05) is 31.1 Å². The second-order valence-electron chi connectivity index (χ2n) is 7.73. The Morgan fingerprint density at radius 1 is 1.10 bits per heavy atom. The number of aliphatic hydroxyl groups excluding tert-OH is 1. The van der Waals surface area contributed by atoms with Crippen molar-refractivity contribution in [2.45, 2.75) is 25.9 Å². The normalized spacial score (nSPS) is 14.5. The third kappa shape index (κ3) is 6.09. The van der Waals surface area contributed by atoms with Gasteiger partial charge in [-0.05, 0) is 54.2 Å². The molecule has 2 aromatic rings. The predicted octanol–water partition coefficient (Wildman–Crippen LogP) is 2.36. The second-order valence-corrected chi connectivity index (χ2v) is 7.73. The molecular weight excluding hydrogens is 366 g/mol. The molecule has 0 unspecified atom stereocenters. The van der Waals surface area contributed by atoms with Crippen LogP contribution in [0.5, 0.6) is 0 Å². The van der Waals surface area contributed by atoms with Crippen LogP contribution in [-0.4, -0.2) is 49.9 Å². The van der Waals surface area contributed by atoms with Crippen molar-refractivity contribution in [3.05, 3.63) is 53.7 Å². The van der Waals surface area contributed by atoms with Crippen LogP contribution in [0.25, 0.3) is 0 Å². The van der Waals surface area contributed by atoms with Crippen molar-refractivity contribution in [3.8, 4) is 0 Å². The number of pyridine rings is 1. The monoisotopic (exact) mass is 397 g/mol. The Balaban J connectivity index is 1.43. The van der Waals surface area contributed by atoms with Gasteiger partial charge in [0.1, 0.15) is 5.82 Å². The van der Waals surface area contributed by atoms with Crippen LogP contribution in [-0.2, 0) is 13.1 Å². The molecule has 2 amide bonds. The summed E-state index contributed by atoms with van der Waals surface area (Å²) in [7, 11) is 3.88. The molecule has 0 bridgehead atoms. The van der Waals surface area contributed by atoms with Crippen LogP contribution in [0, 0.1) is 5.92 Å². The minimum atomic E-state index is -0.191. The van der Waals surface area contributed by atoms with Gasteiger partial charge in [0.05, 0.1) is 0 Å². The zero-order valence-electron chi connectivity index (χ0n) is 17.3. The van der Waals surface area contributed by atoms with E-state index in [1.165, 1.54) is 5.69 Å². The number of benzene rings is 1. The number of nitrogens with one attached hydrogen (secondary N) is 2. The number of amides is 2. The number of anilines is 2. The van der Waals surface area contributed by atoms with Crippen LogP contribution in [0.2, 0.25) is 0 Å². The van der Waals surface area contributed by atoms with E-state index in [-0.39, 0.29) is 6.03 Å². The maximum absolute atomic E-state index is 12.1. The Morgan fingerprint density at radius 3 is 2.38 bits per heavy atom. The van der Waals surface area contributed by atoms with Crippen molar-refractivity contribution in [1.29, 1.82) is 0 Å². The molecule has 3 rings (SSSR count). The summed E-state index contributed by atoms with van der Waals surface area (Å²) in [4.78, 5) is 20.7. The van der Waals surface area contributed by atoms with Gasteiger partial charge >= 0.3 is 6.03 Å². The Kier molecular flexibility index (Phi) is 7.30. The van der Waals surface area contributed by atoms with Gasteiger partial charge in [-0.15, -0.1) is 0 Å². The van der Waals surface area contributed by atoms with Gasteiger partial charge in [-0.25, -0.2) is 9.78 Å². The Morgan fingerprint density at radius 2 is 1.76 bits per heavy atom. The first-order valence-electron chi connectivity index (χ1n) is 10.1. The number of hydrogen-bond acceptors (Lipinski definition) is 5. The molecule has 2 heterocycles. The molecule has 1 aliphatic rings. The molecule has 1 aliphatic heterocycles. The molecular formula is C22H31N5O2. The van der Waals surface area contributed by atoms with Crippen LogP contribution >= 0.6 is 0 Å². The van der Waals surface area contributed by atoms with Crippen LogP contribution in [0.4, 0.5) is 16.3 Å². The molecule has 1 aromatic carbocycles. The van der Waals surface area contributed by atoms with Crippen molar-refractivity contribution in [3.63, 3.8) is 0 Å². The fraction of sp³-hybridized carbons (Fsp3) is 0.455. The minimum Gasteiger partial charge on any atom is -0.396 e. The third-order valence-electron chi connectivity index (χ3n) is 5.35. The van der Waals surface area contributed by atoms with Crippen molar-refractivity contribution in [2.24, 2.45) is 5.92 Å². The molecule has 1 saturated heterocycles. The number of carbonyl (C=O) groups excluding carboxylic acids is 1. The summed E-state index contributed by atoms with van der Waals surface area (Å²) in [6, 6.07) is 12.0. The fourth-order valence-corrected chi connectivity index (χ4v) is 3.44.